The summed E-state index contributed by atoms with van der Waals surface area (Å²) in [7, 11) is 1.96. The van der Waals surface area contributed by atoms with Gasteiger partial charge in [-0.3, -0.25) is 0 Å². The monoisotopic (exact) mass is 256 g/mol. The molecule has 1 saturated carbocycles. The van der Waals surface area contributed by atoms with Gasteiger partial charge in [0.2, 0.25) is 0 Å². The van der Waals surface area contributed by atoms with Gasteiger partial charge in [0.15, 0.2) is 11.6 Å². The lowest BCUT2D eigenvalue weighted by Gasteiger charge is -2.04. The van der Waals surface area contributed by atoms with Crippen LogP contribution in [0.3, 0.4) is 0 Å². The molecule has 2 aromatic rings. The van der Waals surface area contributed by atoms with Crippen LogP contribution in [-0.2, 0) is 7.05 Å². The van der Waals surface area contributed by atoms with E-state index in [1.54, 1.807) is 0 Å². The van der Waals surface area contributed by atoms with Crippen LogP contribution in [0.5, 0.6) is 0 Å². The molecule has 0 bridgehead atoms. The summed E-state index contributed by atoms with van der Waals surface area (Å²) in [5.41, 5.74) is 8.93. The van der Waals surface area contributed by atoms with Crippen molar-refractivity contribution in [2.24, 2.45) is 7.05 Å². The second-order valence-electron chi connectivity index (χ2n) is 5.47. The third kappa shape index (κ3) is 2.23. The van der Waals surface area contributed by atoms with Crippen LogP contribution >= 0.6 is 0 Å². The van der Waals surface area contributed by atoms with Crippen molar-refractivity contribution in [3.8, 4) is 11.4 Å². The fourth-order valence-corrected chi connectivity index (χ4v) is 2.79. The number of aryl methyl sites for hydroxylation is 2. The van der Waals surface area contributed by atoms with Gasteiger partial charge < -0.3 is 5.73 Å². The highest BCUT2D eigenvalue weighted by Crippen LogP contribution is 2.33. The normalized spacial score (nSPS) is 16.1. The molecular weight excluding hydrogens is 236 g/mol. The molecule has 0 saturated heterocycles. The highest BCUT2D eigenvalue weighted by molar-refractivity contribution is 5.63. The van der Waals surface area contributed by atoms with Gasteiger partial charge in [0.1, 0.15) is 0 Å². The summed E-state index contributed by atoms with van der Waals surface area (Å²) in [6, 6.07) is 6.08. The number of benzene rings is 1. The molecule has 1 heterocycles. The Hall–Kier alpha value is -1.84. The van der Waals surface area contributed by atoms with Gasteiger partial charge >= 0.3 is 0 Å². The zero-order valence-corrected chi connectivity index (χ0v) is 11.6. The minimum absolute atomic E-state index is 0.544. The second-order valence-corrected chi connectivity index (χ2v) is 5.47. The Balaban J connectivity index is 1.97. The van der Waals surface area contributed by atoms with Crippen molar-refractivity contribution in [2.45, 2.75) is 38.5 Å². The summed E-state index contributed by atoms with van der Waals surface area (Å²) in [5, 5.41) is 4.59. The average Bonchev–Trinajstić information content (AvgIpc) is 3.01. The van der Waals surface area contributed by atoms with Gasteiger partial charge in [-0.05, 0) is 31.4 Å². The number of aromatic nitrogens is 3. The molecule has 0 amide bonds. The summed E-state index contributed by atoms with van der Waals surface area (Å²) >= 11 is 0. The van der Waals surface area contributed by atoms with Crippen LogP contribution < -0.4 is 5.73 Å². The number of rotatable bonds is 2. The van der Waals surface area contributed by atoms with E-state index in [0.717, 1.165) is 28.5 Å². The number of nitrogens with two attached hydrogens (primary N) is 1. The van der Waals surface area contributed by atoms with Crippen LogP contribution in [0.15, 0.2) is 18.2 Å². The SMILES string of the molecule is Cc1ccc(-c2nc(C3CCCC3)nn2C)cc1N. The smallest absolute Gasteiger partial charge is 0.158 e. The molecule has 0 unspecified atom stereocenters. The van der Waals surface area contributed by atoms with Crippen molar-refractivity contribution in [1.82, 2.24) is 14.8 Å². The predicted octanol–water partition coefficient (Wildman–Crippen LogP) is 3.03. The van der Waals surface area contributed by atoms with Crippen molar-refractivity contribution < 1.29 is 0 Å². The second kappa shape index (κ2) is 4.68. The first-order valence-electron chi connectivity index (χ1n) is 6.92. The van der Waals surface area contributed by atoms with Crippen molar-refractivity contribution >= 4 is 5.69 Å². The van der Waals surface area contributed by atoms with Crippen LogP contribution in [0.25, 0.3) is 11.4 Å². The number of hydrogen-bond donors (Lipinski definition) is 1. The van der Waals surface area contributed by atoms with E-state index >= 15 is 0 Å². The van der Waals surface area contributed by atoms with Crippen LogP contribution in [0, 0.1) is 6.92 Å². The molecule has 100 valence electrons. The fourth-order valence-electron chi connectivity index (χ4n) is 2.79. The zero-order valence-electron chi connectivity index (χ0n) is 11.6. The molecule has 19 heavy (non-hydrogen) atoms. The summed E-state index contributed by atoms with van der Waals surface area (Å²) in [6.07, 6.45) is 5.05. The van der Waals surface area contributed by atoms with Gasteiger partial charge in [-0.25, -0.2) is 9.67 Å². The number of anilines is 1. The maximum Gasteiger partial charge on any atom is 0.158 e. The van der Waals surface area contributed by atoms with Crippen LogP contribution in [0.1, 0.15) is 43.0 Å². The first-order valence-corrected chi connectivity index (χ1v) is 6.92. The molecule has 4 nitrogen and oxygen atoms in total. The molecule has 3 rings (SSSR count). The molecule has 0 aliphatic heterocycles. The number of hydrogen-bond acceptors (Lipinski definition) is 3. The first-order chi connectivity index (χ1) is 9.15. The van der Waals surface area contributed by atoms with E-state index in [0.29, 0.717) is 5.92 Å². The quantitative estimate of drug-likeness (QED) is 0.840. The molecule has 0 atom stereocenters. The molecule has 1 aromatic heterocycles. The van der Waals surface area contributed by atoms with Crippen LogP contribution in [0.4, 0.5) is 5.69 Å². The molecule has 2 N–H and O–H groups in total. The van der Waals surface area contributed by atoms with E-state index in [1.807, 2.05) is 30.8 Å². The molecule has 1 fully saturated rings. The van der Waals surface area contributed by atoms with E-state index in [2.05, 4.69) is 11.2 Å². The Morgan fingerprint density at radius 2 is 2.00 bits per heavy atom. The van der Waals surface area contributed by atoms with Crippen LogP contribution in [-0.4, -0.2) is 14.8 Å². The maximum atomic E-state index is 5.98. The van der Waals surface area contributed by atoms with Crippen LogP contribution in [0.2, 0.25) is 0 Å². The minimum atomic E-state index is 0.544. The number of nitrogens with zero attached hydrogens (tertiary/aromatic N) is 3. The van der Waals surface area contributed by atoms with Crippen molar-refractivity contribution in [1.29, 1.82) is 0 Å². The maximum absolute atomic E-state index is 5.98. The lowest BCUT2D eigenvalue weighted by molar-refractivity contribution is 0.648. The molecule has 0 radical (unpaired) electrons. The van der Waals surface area contributed by atoms with Crippen molar-refractivity contribution in [3.05, 3.63) is 29.6 Å². The van der Waals surface area contributed by atoms with Gasteiger partial charge in [-0.1, -0.05) is 25.0 Å². The van der Waals surface area contributed by atoms with E-state index < -0.39 is 0 Å². The fraction of sp³-hybridized carbons (Fsp3) is 0.467. The molecule has 4 heteroatoms. The lowest BCUT2D eigenvalue weighted by Crippen LogP contribution is -1.97. The first kappa shape index (κ1) is 12.2. The lowest BCUT2D eigenvalue weighted by atomic mass is 10.1. The largest absolute Gasteiger partial charge is 0.398 e. The summed E-state index contributed by atoms with van der Waals surface area (Å²) < 4.78 is 1.87. The third-order valence-corrected chi connectivity index (χ3v) is 4.04. The van der Waals surface area contributed by atoms with Gasteiger partial charge in [0.05, 0.1) is 0 Å². The van der Waals surface area contributed by atoms with E-state index in [9.17, 15) is 0 Å². The molecule has 1 aromatic carbocycles. The van der Waals surface area contributed by atoms with Gasteiger partial charge in [-0.2, -0.15) is 5.10 Å². The minimum Gasteiger partial charge on any atom is -0.398 e. The van der Waals surface area contributed by atoms with Gasteiger partial charge in [-0.15, -0.1) is 0 Å². The molecule has 1 aliphatic rings. The Morgan fingerprint density at radius 3 is 2.68 bits per heavy atom. The summed E-state index contributed by atoms with van der Waals surface area (Å²) in [4.78, 5) is 4.73. The highest BCUT2D eigenvalue weighted by atomic mass is 15.3. The van der Waals surface area contributed by atoms with E-state index in [1.165, 1.54) is 25.7 Å². The van der Waals surface area contributed by atoms with Gasteiger partial charge in [0, 0.05) is 24.2 Å². The van der Waals surface area contributed by atoms with Gasteiger partial charge in [0.25, 0.3) is 0 Å². The Bertz CT molecular complexity index is 594. The third-order valence-electron chi connectivity index (χ3n) is 4.04. The standard InChI is InChI=1S/C15H20N4/c1-10-7-8-12(9-13(10)16)15-17-14(18-19(15)2)11-5-3-4-6-11/h7-9,11H,3-6,16H2,1-2H3. The van der Waals surface area contributed by atoms with Crippen molar-refractivity contribution in [3.63, 3.8) is 0 Å². The molecule has 1 aliphatic carbocycles. The predicted molar refractivity (Wildman–Crippen MR) is 76.8 cm³/mol. The Kier molecular flexibility index (Phi) is 3.01. The topological polar surface area (TPSA) is 56.7 Å². The number of nitrogen functional groups attached to an aromatic ring is 1. The molecular formula is C15H20N4. The molecule has 0 spiro atoms. The highest BCUT2D eigenvalue weighted by Gasteiger charge is 2.22. The summed E-state index contributed by atoms with van der Waals surface area (Å²) in [6.45, 7) is 2.01. The van der Waals surface area contributed by atoms with Crippen molar-refractivity contribution in [2.75, 3.05) is 5.73 Å². The zero-order chi connectivity index (χ0) is 13.4. The Labute approximate surface area is 113 Å². The Morgan fingerprint density at radius 1 is 1.26 bits per heavy atom. The van der Waals surface area contributed by atoms with E-state index in [4.69, 9.17) is 10.7 Å². The van der Waals surface area contributed by atoms with E-state index in [-0.39, 0.29) is 0 Å². The average molecular weight is 256 g/mol. The summed E-state index contributed by atoms with van der Waals surface area (Å²) in [5.74, 6) is 2.45.